The second kappa shape index (κ2) is 7.51. The summed E-state index contributed by atoms with van der Waals surface area (Å²) in [6, 6.07) is 9.39. The van der Waals surface area contributed by atoms with E-state index >= 15 is 0 Å². The summed E-state index contributed by atoms with van der Waals surface area (Å²) in [7, 11) is 1.74. The van der Waals surface area contributed by atoms with E-state index in [0.29, 0.717) is 31.1 Å². The van der Waals surface area contributed by atoms with Crippen molar-refractivity contribution in [2.45, 2.75) is 12.8 Å². The number of ether oxygens (including phenoxy) is 1. The summed E-state index contributed by atoms with van der Waals surface area (Å²) in [5.41, 5.74) is 0.392. The number of aryl methyl sites for hydroxylation is 1. The molecule has 2 aromatic rings. The Kier molecular flexibility index (Phi) is 5.16. The maximum Gasteiger partial charge on any atom is 0.296 e. The minimum Gasteiger partial charge on any atom is -0.493 e. The Morgan fingerprint density at radius 1 is 1.28 bits per heavy atom. The molecule has 0 radical (unpaired) electrons. The summed E-state index contributed by atoms with van der Waals surface area (Å²) in [6.45, 7) is 1.45. The van der Waals surface area contributed by atoms with E-state index < -0.39 is 11.7 Å². The Labute approximate surface area is 146 Å². The first-order valence-electron chi connectivity index (χ1n) is 8.38. The number of amides is 1. The topological polar surface area (TPSA) is 51.5 Å². The van der Waals surface area contributed by atoms with Crippen LogP contribution in [0.5, 0.6) is 5.75 Å². The highest BCUT2D eigenvalue weighted by Gasteiger charge is 2.29. The van der Waals surface area contributed by atoms with Crippen LogP contribution in [-0.4, -0.2) is 40.9 Å². The van der Waals surface area contributed by atoms with E-state index in [9.17, 15) is 14.0 Å². The van der Waals surface area contributed by atoms with E-state index in [1.165, 1.54) is 12.1 Å². The lowest BCUT2D eigenvalue weighted by atomic mass is 9.98. The molecular weight excluding hydrogens is 323 g/mol. The molecule has 0 bridgehead atoms. The van der Waals surface area contributed by atoms with E-state index in [0.717, 1.165) is 12.8 Å². The van der Waals surface area contributed by atoms with Crippen LogP contribution < -0.4 is 4.74 Å². The molecule has 0 N–H and O–H groups in total. The molecule has 2 heterocycles. The van der Waals surface area contributed by atoms with Gasteiger partial charge < -0.3 is 14.2 Å². The molecule has 1 aliphatic rings. The van der Waals surface area contributed by atoms with Crippen LogP contribution in [0.25, 0.3) is 0 Å². The number of carbonyl (C=O) groups excluding carboxylic acids is 2. The number of nitrogens with zero attached hydrogens (tertiary/aromatic N) is 2. The van der Waals surface area contributed by atoms with Crippen LogP contribution in [0.2, 0.25) is 0 Å². The van der Waals surface area contributed by atoms with Crippen LogP contribution in [0.4, 0.5) is 4.39 Å². The molecule has 3 rings (SSSR count). The first-order chi connectivity index (χ1) is 12.0. The Bertz CT molecular complexity index is 772. The molecule has 1 saturated heterocycles. The number of ketones is 1. The van der Waals surface area contributed by atoms with Gasteiger partial charge in [0, 0.05) is 38.3 Å². The number of Topliss-reactive ketones (excluding diaryl/α,β-unsaturated/α-hetero) is 1. The van der Waals surface area contributed by atoms with Crippen molar-refractivity contribution in [3.8, 4) is 5.75 Å². The highest BCUT2D eigenvalue weighted by atomic mass is 19.1. The standard InChI is InChI=1S/C19H21FN2O3/c1-21-9-4-8-17(21)18(23)19(24)22-10-3-5-14(12-22)13-25-16-7-2-6-15(20)11-16/h2,4,6-9,11,14H,3,5,10,12-13H2,1H3. The number of likely N-dealkylation sites (tertiary alicyclic amines) is 1. The molecular formula is C19H21FN2O3. The molecule has 5 nitrogen and oxygen atoms in total. The summed E-state index contributed by atoms with van der Waals surface area (Å²) in [6.07, 6.45) is 3.48. The summed E-state index contributed by atoms with van der Waals surface area (Å²) < 4.78 is 20.5. The molecule has 1 aliphatic heterocycles. The highest BCUT2D eigenvalue weighted by molar-refractivity contribution is 6.42. The number of benzene rings is 1. The van der Waals surface area contributed by atoms with Gasteiger partial charge in [-0.15, -0.1) is 0 Å². The molecule has 1 fully saturated rings. The van der Waals surface area contributed by atoms with Crippen LogP contribution in [-0.2, 0) is 11.8 Å². The fraction of sp³-hybridized carbons (Fsp3) is 0.368. The maximum absolute atomic E-state index is 13.2. The van der Waals surface area contributed by atoms with Gasteiger partial charge >= 0.3 is 0 Å². The van der Waals surface area contributed by atoms with Crippen LogP contribution in [0.1, 0.15) is 23.3 Å². The average Bonchev–Trinajstić information content (AvgIpc) is 3.05. The lowest BCUT2D eigenvalue weighted by molar-refractivity contribution is -0.128. The van der Waals surface area contributed by atoms with Gasteiger partial charge in [-0.25, -0.2) is 4.39 Å². The van der Waals surface area contributed by atoms with Gasteiger partial charge in [-0.1, -0.05) is 6.07 Å². The van der Waals surface area contributed by atoms with Gasteiger partial charge in [-0.2, -0.15) is 0 Å². The van der Waals surface area contributed by atoms with Crippen molar-refractivity contribution in [1.29, 1.82) is 0 Å². The summed E-state index contributed by atoms with van der Waals surface area (Å²) >= 11 is 0. The lowest BCUT2D eigenvalue weighted by Crippen LogP contribution is -2.44. The van der Waals surface area contributed by atoms with Crippen molar-refractivity contribution >= 4 is 11.7 Å². The van der Waals surface area contributed by atoms with Crippen LogP contribution in [0.3, 0.4) is 0 Å². The number of piperidine rings is 1. The average molecular weight is 344 g/mol. The van der Waals surface area contributed by atoms with E-state index in [2.05, 4.69) is 0 Å². The maximum atomic E-state index is 13.2. The predicted octanol–water partition coefficient (Wildman–Crippen LogP) is 2.66. The zero-order chi connectivity index (χ0) is 17.8. The Balaban J connectivity index is 1.58. The van der Waals surface area contributed by atoms with E-state index in [4.69, 9.17) is 4.74 Å². The van der Waals surface area contributed by atoms with Gasteiger partial charge in [-0.3, -0.25) is 9.59 Å². The number of hydrogen-bond acceptors (Lipinski definition) is 3. The summed E-state index contributed by atoms with van der Waals surface area (Å²) in [5.74, 6) is -0.701. The van der Waals surface area contributed by atoms with Crippen molar-refractivity contribution in [2.24, 2.45) is 13.0 Å². The smallest absolute Gasteiger partial charge is 0.296 e. The highest BCUT2D eigenvalue weighted by Crippen LogP contribution is 2.20. The summed E-state index contributed by atoms with van der Waals surface area (Å²) in [4.78, 5) is 26.4. The number of carbonyl (C=O) groups is 2. The molecule has 1 aromatic carbocycles. The normalized spacial score (nSPS) is 17.4. The third-order valence-corrected chi connectivity index (χ3v) is 4.46. The minimum atomic E-state index is -0.487. The van der Waals surface area contributed by atoms with Gasteiger partial charge in [0.05, 0.1) is 12.3 Å². The van der Waals surface area contributed by atoms with Crippen LogP contribution in [0.15, 0.2) is 42.6 Å². The minimum absolute atomic E-state index is 0.127. The number of aromatic nitrogens is 1. The number of halogens is 1. The molecule has 1 amide bonds. The number of rotatable bonds is 5. The third-order valence-electron chi connectivity index (χ3n) is 4.46. The molecule has 1 aromatic heterocycles. The SMILES string of the molecule is Cn1cccc1C(=O)C(=O)N1CCCC(COc2cccc(F)c2)C1. The molecule has 25 heavy (non-hydrogen) atoms. The molecule has 0 spiro atoms. The molecule has 6 heteroatoms. The van der Waals surface area contributed by atoms with Crippen molar-refractivity contribution in [2.75, 3.05) is 19.7 Å². The van der Waals surface area contributed by atoms with Crippen LogP contribution in [0, 0.1) is 11.7 Å². The molecule has 132 valence electrons. The Morgan fingerprint density at radius 2 is 2.12 bits per heavy atom. The molecule has 1 unspecified atom stereocenters. The van der Waals surface area contributed by atoms with Gasteiger partial charge in [-0.05, 0) is 37.1 Å². The fourth-order valence-corrected chi connectivity index (χ4v) is 3.11. The number of hydrogen-bond donors (Lipinski definition) is 0. The van der Waals surface area contributed by atoms with Gasteiger partial charge in [0.2, 0.25) is 0 Å². The quantitative estimate of drug-likeness (QED) is 0.619. The Hall–Kier alpha value is -2.63. The zero-order valence-corrected chi connectivity index (χ0v) is 14.2. The van der Waals surface area contributed by atoms with Gasteiger partial charge in [0.25, 0.3) is 11.7 Å². The van der Waals surface area contributed by atoms with Crippen molar-refractivity contribution < 1.29 is 18.7 Å². The van der Waals surface area contributed by atoms with Crippen molar-refractivity contribution in [1.82, 2.24) is 9.47 Å². The second-order valence-corrected chi connectivity index (χ2v) is 6.36. The summed E-state index contributed by atoms with van der Waals surface area (Å²) in [5, 5.41) is 0. The molecule has 1 atom stereocenters. The van der Waals surface area contributed by atoms with E-state index in [1.54, 1.807) is 47.0 Å². The largest absolute Gasteiger partial charge is 0.493 e. The van der Waals surface area contributed by atoms with Gasteiger partial charge in [0.15, 0.2) is 0 Å². The van der Waals surface area contributed by atoms with Crippen molar-refractivity contribution in [3.05, 3.63) is 54.1 Å². The van der Waals surface area contributed by atoms with Crippen LogP contribution >= 0.6 is 0 Å². The van der Waals surface area contributed by atoms with Crippen molar-refractivity contribution in [3.63, 3.8) is 0 Å². The Morgan fingerprint density at radius 3 is 2.84 bits per heavy atom. The monoisotopic (exact) mass is 344 g/mol. The van der Waals surface area contributed by atoms with E-state index in [-0.39, 0.29) is 11.7 Å². The first-order valence-corrected chi connectivity index (χ1v) is 8.38. The molecule has 0 saturated carbocycles. The molecule has 0 aliphatic carbocycles. The predicted molar refractivity (Wildman–Crippen MR) is 90.9 cm³/mol. The first kappa shape index (κ1) is 17.2. The third kappa shape index (κ3) is 4.07. The lowest BCUT2D eigenvalue weighted by Gasteiger charge is -2.32. The zero-order valence-electron chi connectivity index (χ0n) is 14.2. The fourth-order valence-electron chi connectivity index (χ4n) is 3.11. The van der Waals surface area contributed by atoms with Gasteiger partial charge in [0.1, 0.15) is 11.6 Å². The second-order valence-electron chi connectivity index (χ2n) is 6.36. The van der Waals surface area contributed by atoms with E-state index in [1.807, 2.05) is 0 Å².